The second-order valence-electron chi connectivity index (χ2n) is 4.78. The molecule has 112 valence electrons. The Morgan fingerprint density at radius 3 is 1.76 bits per heavy atom. The summed E-state index contributed by atoms with van der Waals surface area (Å²) < 4.78 is 16.1. The highest BCUT2D eigenvalue weighted by Crippen LogP contribution is 2.38. The van der Waals surface area contributed by atoms with E-state index in [1.54, 1.807) is 21.3 Å². The maximum absolute atomic E-state index is 5.69. The SMILES string of the molecule is COc1cc(CCc2ccc(N)cc2)cc(OC)c1OC. The van der Waals surface area contributed by atoms with Crippen LogP contribution < -0.4 is 19.9 Å². The summed E-state index contributed by atoms with van der Waals surface area (Å²) in [5, 5.41) is 0. The topological polar surface area (TPSA) is 53.7 Å². The first-order valence-corrected chi connectivity index (χ1v) is 6.81. The lowest BCUT2D eigenvalue weighted by molar-refractivity contribution is 0.324. The van der Waals surface area contributed by atoms with E-state index in [1.165, 1.54) is 5.56 Å². The number of hydrogen-bond donors (Lipinski definition) is 1. The summed E-state index contributed by atoms with van der Waals surface area (Å²) >= 11 is 0. The molecule has 21 heavy (non-hydrogen) atoms. The number of nitrogens with two attached hydrogens (primary N) is 1. The minimum Gasteiger partial charge on any atom is -0.493 e. The van der Waals surface area contributed by atoms with E-state index in [2.05, 4.69) is 0 Å². The smallest absolute Gasteiger partial charge is 0.203 e. The third kappa shape index (κ3) is 3.60. The van der Waals surface area contributed by atoms with Crippen LogP contribution >= 0.6 is 0 Å². The predicted octanol–water partition coefficient (Wildman–Crippen LogP) is 3.08. The number of hydrogen-bond acceptors (Lipinski definition) is 4. The van der Waals surface area contributed by atoms with Gasteiger partial charge >= 0.3 is 0 Å². The number of anilines is 1. The molecule has 0 saturated carbocycles. The van der Waals surface area contributed by atoms with Crippen molar-refractivity contribution >= 4 is 5.69 Å². The van der Waals surface area contributed by atoms with E-state index >= 15 is 0 Å². The van der Waals surface area contributed by atoms with Crippen molar-refractivity contribution in [1.82, 2.24) is 0 Å². The van der Waals surface area contributed by atoms with Crippen LogP contribution in [0.2, 0.25) is 0 Å². The van der Waals surface area contributed by atoms with Crippen molar-refractivity contribution in [2.75, 3.05) is 27.1 Å². The van der Waals surface area contributed by atoms with Crippen molar-refractivity contribution in [2.24, 2.45) is 0 Å². The molecule has 0 saturated heterocycles. The highest BCUT2D eigenvalue weighted by Gasteiger charge is 2.12. The van der Waals surface area contributed by atoms with Crippen LogP contribution in [0.15, 0.2) is 36.4 Å². The normalized spacial score (nSPS) is 10.2. The number of methoxy groups -OCH3 is 3. The van der Waals surface area contributed by atoms with Gasteiger partial charge in [-0.15, -0.1) is 0 Å². The lowest BCUT2D eigenvalue weighted by atomic mass is 10.0. The zero-order valence-corrected chi connectivity index (χ0v) is 12.7. The van der Waals surface area contributed by atoms with E-state index in [1.807, 2.05) is 36.4 Å². The Morgan fingerprint density at radius 2 is 1.29 bits per heavy atom. The van der Waals surface area contributed by atoms with Crippen LogP contribution in [0.1, 0.15) is 11.1 Å². The maximum Gasteiger partial charge on any atom is 0.203 e. The van der Waals surface area contributed by atoms with E-state index in [4.69, 9.17) is 19.9 Å². The molecule has 0 aliphatic rings. The Hall–Kier alpha value is -2.36. The molecule has 0 radical (unpaired) electrons. The van der Waals surface area contributed by atoms with E-state index in [-0.39, 0.29) is 0 Å². The van der Waals surface area contributed by atoms with Crippen LogP contribution in [0.25, 0.3) is 0 Å². The molecule has 2 rings (SSSR count). The fraction of sp³-hybridized carbons (Fsp3) is 0.294. The van der Waals surface area contributed by atoms with Crippen LogP contribution in [0.3, 0.4) is 0 Å². The minimum absolute atomic E-state index is 0.622. The molecule has 0 amide bonds. The molecule has 4 nitrogen and oxygen atoms in total. The lowest BCUT2D eigenvalue weighted by Gasteiger charge is -2.14. The number of aryl methyl sites for hydroxylation is 2. The minimum atomic E-state index is 0.622. The molecule has 0 aromatic heterocycles. The van der Waals surface area contributed by atoms with Gasteiger partial charge in [-0.05, 0) is 48.2 Å². The Labute approximate surface area is 125 Å². The molecule has 4 heteroatoms. The van der Waals surface area contributed by atoms with Crippen LogP contribution in [-0.4, -0.2) is 21.3 Å². The average Bonchev–Trinajstić information content (AvgIpc) is 2.53. The van der Waals surface area contributed by atoms with Crippen molar-refractivity contribution in [3.8, 4) is 17.2 Å². The van der Waals surface area contributed by atoms with Crippen molar-refractivity contribution < 1.29 is 14.2 Å². The Balaban J connectivity index is 2.18. The fourth-order valence-corrected chi connectivity index (χ4v) is 2.25. The van der Waals surface area contributed by atoms with Gasteiger partial charge in [0.25, 0.3) is 0 Å². The monoisotopic (exact) mass is 287 g/mol. The molecule has 0 aliphatic heterocycles. The molecule has 0 atom stereocenters. The largest absolute Gasteiger partial charge is 0.493 e. The van der Waals surface area contributed by atoms with Gasteiger partial charge in [0.15, 0.2) is 11.5 Å². The van der Waals surface area contributed by atoms with Gasteiger partial charge in [-0.2, -0.15) is 0 Å². The van der Waals surface area contributed by atoms with Crippen LogP contribution in [0.4, 0.5) is 5.69 Å². The first-order chi connectivity index (χ1) is 10.2. The summed E-state index contributed by atoms with van der Waals surface area (Å²) in [4.78, 5) is 0. The maximum atomic E-state index is 5.69. The van der Waals surface area contributed by atoms with Gasteiger partial charge in [-0.25, -0.2) is 0 Å². The van der Waals surface area contributed by atoms with Gasteiger partial charge in [-0.1, -0.05) is 12.1 Å². The third-order valence-electron chi connectivity index (χ3n) is 3.41. The molecule has 2 aromatic rings. The standard InChI is InChI=1S/C17H21NO3/c1-19-15-10-13(11-16(20-2)17(15)21-3)5-4-12-6-8-14(18)9-7-12/h6-11H,4-5,18H2,1-3H3. The summed E-state index contributed by atoms with van der Waals surface area (Å²) in [5.74, 6) is 1.99. The average molecular weight is 287 g/mol. The first-order valence-electron chi connectivity index (χ1n) is 6.81. The summed E-state index contributed by atoms with van der Waals surface area (Å²) in [7, 11) is 4.86. The zero-order chi connectivity index (χ0) is 15.2. The van der Waals surface area contributed by atoms with Gasteiger partial charge in [0.05, 0.1) is 21.3 Å². The quantitative estimate of drug-likeness (QED) is 0.830. The zero-order valence-electron chi connectivity index (χ0n) is 12.7. The van der Waals surface area contributed by atoms with E-state index in [0.717, 1.165) is 24.1 Å². The highest BCUT2D eigenvalue weighted by molar-refractivity contribution is 5.54. The first kappa shape index (κ1) is 15.0. The summed E-state index contributed by atoms with van der Waals surface area (Å²) in [6.45, 7) is 0. The van der Waals surface area contributed by atoms with E-state index < -0.39 is 0 Å². The second-order valence-corrected chi connectivity index (χ2v) is 4.78. The summed E-state index contributed by atoms with van der Waals surface area (Å²) in [6, 6.07) is 11.9. The van der Waals surface area contributed by atoms with Crippen LogP contribution in [-0.2, 0) is 12.8 Å². The predicted molar refractivity (Wildman–Crippen MR) is 84.4 cm³/mol. The highest BCUT2D eigenvalue weighted by atomic mass is 16.5. The molecule has 0 aliphatic carbocycles. The van der Waals surface area contributed by atoms with Crippen molar-refractivity contribution in [1.29, 1.82) is 0 Å². The second kappa shape index (κ2) is 6.88. The fourth-order valence-electron chi connectivity index (χ4n) is 2.25. The summed E-state index contributed by atoms with van der Waals surface area (Å²) in [6.07, 6.45) is 1.82. The van der Waals surface area contributed by atoms with Crippen molar-refractivity contribution in [3.05, 3.63) is 47.5 Å². The molecule has 0 fully saturated rings. The van der Waals surface area contributed by atoms with Crippen LogP contribution in [0, 0.1) is 0 Å². The Morgan fingerprint density at radius 1 is 0.762 bits per heavy atom. The number of ether oxygens (including phenoxy) is 3. The molecular formula is C17H21NO3. The van der Waals surface area contributed by atoms with Crippen LogP contribution in [0.5, 0.6) is 17.2 Å². The Kier molecular flexibility index (Phi) is 4.93. The molecule has 2 aromatic carbocycles. The molecule has 0 unspecified atom stereocenters. The Bertz CT molecular complexity index is 568. The molecule has 2 N–H and O–H groups in total. The third-order valence-corrected chi connectivity index (χ3v) is 3.41. The molecule has 0 spiro atoms. The van der Waals surface area contributed by atoms with E-state index in [9.17, 15) is 0 Å². The number of nitrogen functional groups attached to an aromatic ring is 1. The van der Waals surface area contributed by atoms with Gasteiger partial charge in [0.2, 0.25) is 5.75 Å². The van der Waals surface area contributed by atoms with Gasteiger partial charge in [0.1, 0.15) is 0 Å². The number of rotatable bonds is 6. The van der Waals surface area contributed by atoms with Gasteiger partial charge < -0.3 is 19.9 Å². The van der Waals surface area contributed by atoms with Crippen molar-refractivity contribution in [2.45, 2.75) is 12.8 Å². The lowest BCUT2D eigenvalue weighted by Crippen LogP contribution is -1.98. The molecule has 0 bridgehead atoms. The van der Waals surface area contributed by atoms with Gasteiger partial charge in [0, 0.05) is 5.69 Å². The van der Waals surface area contributed by atoms with E-state index in [0.29, 0.717) is 17.2 Å². The van der Waals surface area contributed by atoms with Gasteiger partial charge in [-0.3, -0.25) is 0 Å². The number of benzene rings is 2. The molecular weight excluding hydrogens is 266 g/mol. The summed E-state index contributed by atoms with van der Waals surface area (Å²) in [5.41, 5.74) is 8.87. The van der Waals surface area contributed by atoms with Crippen molar-refractivity contribution in [3.63, 3.8) is 0 Å². The molecule has 0 heterocycles.